The second-order valence-electron chi connectivity index (χ2n) is 5.68. The number of rotatable bonds is 6. The molecule has 0 aliphatic carbocycles. The van der Waals surface area contributed by atoms with E-state index in [0.717, 1.165) is 34.8 Å². The van der Waals surface area contributed by atoms with Crippen molar-refractivity contribution >= 4 is 0 Å². The molecule has 0 unspecified atom stereocenters. The van der Waals surface area contributed by atoms with Gasteiger partial charge in [-0.25, -0.2) is 4.63 Å². The van der Waals surface area contributed by atoms with Gasteiger partial charge in [0.05, 0.1) is 0 Å². The van der Waals surface area contributed by atoms with Gasteiger partial charge in [-0.05, 0) is 37.5 Å². The molecule has 114 valence electrons. The lowest BCUT2D eigenvalue weighted by Crippen LogP contribution is -2.21. The Balaban J connectivity index is 2.08. The van der Waals surface area contributed by atoms with Crippen molar-refractivity contribution in [2.45, 2.75) is 53.8 Å². The Hall–Kier alpha value is -1.88. The van der Waals surface area contributed by atoms with Crippen LogP contribution in [-0.4, -0.2) is 16.4 Å². The molecular weight excluding hydrogens is 266 g/mol. The summed E-state index contributed by atoms with van der Waals surface area (Å²) in [5.74, 6) is 0.908. The van der Waals surface area contributed by atoms with Crippen LogP contribution >= 0.6 is 0 Å². The number of benzene rings is 1. The molecule has 21 heavy (non-hydrogen) atoms. The monoisotopic (exact) mass is 289 g/mol. The Morgan fingerprint density at radius 1 is 1.14 bits per heavy atom. The Morgan fingerprint density at radius 3 is 2.33 bits per heavy atom. The summed E-state index contributed by atoms with van der Waals surface area (Å²) in [5, 5.41) is 11.0. The molecule has 5 heteroatoms. The summed E-state index contributed by atoms with van der Waals surface area (Å²) in [7, 11) is 0. The number of nitrogens with zero attached hydrogens (tertiary/aromatic N) is 2. The highest BCUT2D eigenvalue weighted by Gasteiger charge is 2.10. The maximum absolute atomic E-state index is 5.89. The molecule has 2 aromatic rings. The zero-order chi connectivity index (χ0) is 15.4. The first-order valence-electron chi connectivity index (χ1n) is 7.21. The van der Waals surface area contributed by atoms with E-state index in [-0.39, 0.29) is 0 Å². The van der Waals surface area contributed by atoms with Crippen LogP contribution < -0.4 is 10.1 Å². The lowest BCUT2D eigenvalue weighted by molar-refractivity contribution is 0.268. The normalized spacial score (nSPS) is 11.1. The summed E-state index contributed by atoms with van der Waals surface area (Å²) in [5.41, 5.74) is 5.03. The molecular formula is C16H23N3O2. The van der Waals surface area contributed by atoms with E-state index < -0.39 is 0 Å². The molecule has 0 saturated heterocycles. The van der Waals surface area contributed by atoms with Crippen LogP contribution in [0.4, 0.5) is 0 Å². The number of ether oxygens (including phenoxy) is 1. The topological polar surface area (TPSA) is 60.2 Å². The molecule has 0 spiro atoms. The summed E-state index contributed by atoms with van der Waals surface area (Å²) < 4.78 is 10.6. The zero-order valence-corrected chi connectivity index (χ0v) is 13.4. The van der Waals surface area contributed by atoms with Gasteiger partial charge < -0.3 is 10.1 Å². The number of aryl methyl sites for hydroxylation is 3. The van der Waals surface area contributed by atoms with Crippen LogP contribution in [0, 0.1) is 20.8 Å². The minimum Gasteiger partial charge on any atom is -0.487 e. The number of hydrogen-bond donors (Lipinski definition) is 1. The average molecular weight is 289 g/mol. The van der Waals surface area contributed by atoms with Crippen LogP contribution in [0.2, 0.25) is 0 Å². The van der Waals surface area contributed by atoms with Crippen LogP contribution in [0.25, 0.3) is 0 Å². The third kappa shape index (κ3) is 4.04. The molecule has 0 atom stereocenters. The maximum atomic E-state index is 5.89. The lowest BCUT2D eigenvalue weighted by atomic mass is 10.1. The van der Waals surface area contributed by atoms with Crippen molar-refractivity contribution in [3.05, 3.63) is 40.2 Å². The van der Waals surface area contributed by atoms with E-state index >= 15 is 0 Å². The first-order valence-corrected chi connectivity index (χ1v) is 7.21. The molecule has 1 N–H and O–H groups in total. The van der Waals surface area contributed by atoms with Gasteiger partial charge in [0, 0.05) is 12.6 Å². The molecule has 0 amide bonds. The highest BCUT2D eigenvalue weighted by molar-refractivity contribution is 5.43. The minimum absolute atomic E-state index is 0.376. The Labute approximate surface area is 125 Å². The summed E-state index contributed by atoms with van der Waals surface area (Å²) >= 11 is 0. The second kappa shape index (κ2) is 6.72. The summed E-state index contributed by atoms with van der Waals surface area (Å²) in [6.45, 7) is 11.5. The highest BCUT2D eigenvalue weighted by Crippen LogP contribution is 2.26. The standard InChI is InChI=1S/C16H23N3O2/c1-10(2)17-8-14-6-11(3)16(12(4)7-14)20-9-15-13(5)18-21-19-15/h6-7,10,17H,8-9H2,1-5H3. The molecule has 1 aromatic heterocycles. The molecule has 0 aliphatic rings. The van der Waals surface area contributed by atoms with Crippen molar-refractivity contribution in [1.29, 1.82) is 0 Å². The molecule has 0 bridgehead atoms. The van der Waals surface area contributed by atoms with E-state index in [1.54, 1.807) is 0 Å². The van der Waals surface area contributed by atoms with E-state index in [1.807, 2.05) is 6.92 Å². The molecule has 0 aliphatic heterocycles. The van der Waals surface area contributed by atoms with Gasteiger partial charge in [0.25, 0.3) is 0 Å². The van der Waals surface area contributed by atoms with Crippen molar-refractivity contribution in [2.75, 3.05) is 0 Å². The first kappa shape index (κ1) is 15.5. The molecule has 0 saturated carbocycles. The van der Waals surface area contributed by atoms with E-state index in [1.165, 1.54) is 5.56 Å². The lowest BCUT2D eigenvalue weighted by Gasteiger charge is -2.14. The van der Waals surface area contributed by atoms with Gasteiger partial charge in [0.15, 0.2) is 0 Å². The third-order valence-electron chi connectivity index (χ3n) is 3.33. The van der Waals surface area contributed by atoms with Crippen molar-refractivity contribution in [3.8, 4) is 5.75 Å². The van der Waals surface area contributed by atoms with Crippen LogP contribution in [0.15, 0.2) is 16.8 Å². The fourth-order valence-electron chi connectivity index (χ4n) is 2.21. The maximum Gasteiger partial charge on any atom is 0.145 e. The van der Waals surface area contributed by atoms with Crippen LogP contribution in [0.1, 0.15) is 41.9 Å². The van der Waals surface area contributed by atoms with Gasteiger partial charge >= 0.3 is 0 Å². The van der Waals surface area contributed by atoms with Gasteiger partial charge in [-0.1, -0.05) is 36.3 Å². The first-order chi connectivity index (χ1) is 9.97. The van der Waals surface area contributed by atoms with Crippen LogP contribution in [0.5, 0.6) is 5.75 Å². The number of hydrogen-bond acceptors (Lipinski definition) is 5. The number of aromatic nitrogens is 2. The van der Waals surface area contributed by atoms with Gasteiger partial charge in [0.1, 0.15) is 23.7 Å². The van der Waals surface area contributed by atoms with Gasteiger partial charge in [-0.15, -0.1) is 0 Å². The fraction of sp³-hybridized carbons (Fsp3) is 0.500. The van der Waals surface area contributed by atoms with Crippen LogP contribution in [-0.2, 0) is 13.2 Å². The van der Waals surface area contributed by atoms with Crippen molar-refractivity contribution in [2.24, 2.45) is 0 Å². The average Bonchev–Trinajstić information content (AvgIpc) is 2.81. The van der Waals surface area contributed by atoms with Gasteiger partial charge in [-0.2, -0.15) is 0 Å². The van der Waals surface area contributed by atoms with Crippen LogP contribution in [0.3, 0.4) is 0 Å². The summed E-state index contributed by atoms with van der Waals surface area (Å²) in [6.07, 6.45) is 0. The van der Waals surface area contributed by atoms with E-state index in [9.17, 15) is 0 Å². The number of nitrogens with one attached hydrogen (secondary N) is 1. The largest absolute Gasteiger partial charge is 0.487 e. The Morgan fingerprint density at radius 2 is 1.81 bits per heavy atom. The smallest absolute Gasteiger partial charge is 0.145 e. The summed E-state index contributed by atoms with van der Waals surface area (Å²) in [4.78, 5) is 0. The highest BCUT2D eigenvalue weighted by atomic mass is 16.6. The fourth-order valence-corrected chi connectivity index (χ4v) is 2.21. The Bertz CT molecular complexity index is 582. The van der Waals surface area contributed by atoms with Crippen molar-refractivity contribution in [1.82, 2.24) is 15.6 Å². The molecule has 0 fully saturated rings. The second-order valence-corrected chi connectivity index (χ2v) is 5.68. The van der Waals surface area contributed by atoms with Gasteiger partial charge in [0.2, 0.25) is 0 Å². The van der Waals surface area contributed by atoms with E-state index in [4.69, 9.17) is 4.74 Å². The van der Waals surface area contributed by atoms with Crippen molar-refractivity contribution < 1.29 is 9.37 Å². The quantitative estimate of drug-likeness (QED) is 0.885. The van der Waals surface area contributed by atoms with Crippen molar-refractivity contribution in [3.63, 3.8) is 0 Å². The van der Waals surface area contributed by atoms with E-state index in [0.29, 0.717) is 12.6 Å². The SMILES string of the molecule is Cc1cc(CNC(C)C)cc(C)c1OCc1nonc1C. The van der Waals surface area contributed by atoms with E-state index in [2.05, 4.69) is 60.1 Å². The molecule has 5 nitrogen and oxygen atoms in total. The molecule has 0 radical (unpaired) electrons. The zero-order valence-electron chi connectivity index (χ0n) is 13.4. The predicted octanol–water partition coefficient (Wildman–Crippen LogP) is 3.07. The molecule has 1 heterocycles. The predicted molar refractivity (Wildman–Crippen MR) is 81.3 cm³/mol. The molecule has 2 rings (SSSR count). The summed E-state index contributed by atoms with van der Waals surface area (Å²) in [6, 6.07) is 4.79. The Kier molecular flexibility index (Phi) is 4.96. The van der Waals surface area contributed by atoms with Gasteiger partial charge in [-0.3, -0.25) is 0 Å². The molecule has 1 aromatic carbocycles. The third-order valence-corrected chi connectivity index (χ3v) is 3.33. The minimum atomic E-state index is 0.376.